The first-order valence-corrected chi connectivity index (χ1v) is 6.87. The summed E-state index contributed by atoms with van der Waals surface area (Å²) in [6.45, 7) is 0. The molecule has 1 atom stereocenters. The Morgan fingerprint density at radius 3 is 2.78 bits per heavy atom. The number of anilines is 1. The molecule has 7 nitrogen and oxygen atoms in total. The van der Waals surface area contributed by atoms with Crippen molar-refractivity contribution in [2.45, 2.75) is 12.3 Å². The van der Waals surface area contributed by atoms with E-state index in [2.05, 4.69) is 21.2 Å². The highest BCUT2D eigenvalue weighted by Crippen LogP contribution is 2.32. The van der Waals surface area contributed by atoms with Crippen molar-refractivity contribution in [2.75, 3.05) is 5.32 Å². The summed E-state index contributed by atoms with van der Waals surface area (Å²) in [7, 11) is 0. The summed E-state index contributed by atoms with van der Waals surface area (Å²) in [5, 5.41) is 2.52. The molecule has 0 aliphatic carbocycles. The van der Waals surface area contributed by atoms with Gasteiger partial charge in [0.05, 0.1) is 5.92 Å². The summed E-state index contributed by atoms with van der Waals surface area (Å²) in [4.78, 5) is 38.4. The molecule has 3 amide bonds. The predicted octanol–water partition coefficient (Wildman–Crippen LogP) is 1.04. The number of hydrogen-bond acceptors (Lipinski definition) is 3. The van der Waals surface area contributed by atoms with E-state index in [0.29, 0.717) is 5.56 Å². The molecule has 2 heterocycles. The molecule has 1 aromatic heterocycles. The van der Waals surface area contributed by atoms with Crippen LogP contribution in [0.25, 0.3) is 0 Å². The molecular formula is C15H13FN4O3. The van der Waals surface area contributed by atoms with Crippen LogP contribution in [0.3, 0.4) is 0 Å². The maximum atomic E-state index is 13.2. The van der Waals surface area contributed by atoms with E-state index in [-0.39, 0.29) is 23.7 Å². The lowest BCUT2D eigenvalue weighted by molar-refractivity contribution is -0.126. The number of aromatic amines is 1. The van der Waals surface area contributed by atoms with Crippen LogP contribution in [-0.2, 0) is 9.59 Å². The molecule has 0 saturated carbocycles. The number of carbonyl (C=O) groups is 3. The van der Waals surface area contributed by atoms with Gasteiger partial charge in [0.15, 0.2) is 0 Å². The number of aromatic nitrogens is 1. The monoisotopic (exact) mass is 316 g/mol. The Hall–Kier alpha value is -3.16. The molecule has 0 radical (unpaired) electrons. The second-order valence-electron chi connectivity index (χ2n) is 5.06. The third-order valence-corrected chi connectivity index (χ3v) is 3.51. The summed E-state index contributed by atoms with van der Waals surface area (Å²) in [5.74, 6) is -2.76. The van der Waals surface area contributed by atoms with Gasteiger partial charge in [0.2, 0.25) is 11.8 Å². The van der Waals surface area contributed by atoms with Gasteiger partial charge in [-0.05, 0) is 29.8 Å². The van der Waals surface area contributed by atoms with Gasteiger partial charge in [0.25, 0.3) is 5.91 Å². The first kappa shape index (κ1) is 14.8. The zero-order valence-electron chi connectivity index (χ0n) is 11.9. The molecule has 1 unspecified atom stereocenters. The Balaban J connectivity index is 1.73. The summed E-state index contributed by atoms with van der Waals surface area (Å²) in [5.41, 5.74) is 5.59. The van der Waals surface area contributed by atoms with Gasteiger partial charge in [-0.15, -0.1) is 0 Å². The van der Waals surface area contributed by atoms with Gasteiger partial charge in [-0.3, -0.25) is 25.2 Å². The highest BCUT2D eigenvalue weighted by molar-refractivity contribution is 6.02. The van der Waals surface area contributed by atoms with Crippen molar-refractivity contribution in [1.82, 2.24) is 15.8 Å². The highest BCUT2D eigenvalue weighted by atomic mass is 19.1. The number of amides is 3. The first-order chi connectivity index (χ1) is 11.0. The smallest absolute Gasteiger partial charge is 0.286 e. The average molecular weight is 316 g/mol. The molecule has 1 aliphatic heterocycles. The van der Waals surface area contributed by atoms with Crippen molar-refractivity contribution in [1.29, 1.82) is 0 Å². The zero-order valence-corrected chi connectivity index (χ0v) is 11.9. The van der Waals surface area contributed by atoms with Crippen LogP contribution in [-0.4, -0.2) is 22.7 Å². The molecular weight excluding hydrogens is 303 g/mol. The Morgan fingerprint density at radius 1 is 1.22 bits per heavy atom. The van der Waals surface area contributed by atoms with Crippen LogP contribution >= 0.6 is 0 Å². The van der Waals surface area contributed by atoms with Crippen LogP contribution in [0.4, 0.5) is 10.1 Å². The number of halogens is 1. The maximum Gasteiger partial charge on any atom is 0.286 e. The summed E-state index contributed by atoms with van der Waals surface area (Å²) >= 11 is 0. The normalized spacial score (nSPS) is 16.2. The summed E-state index contributed by atoms with van der Waals surface area (Å²) in [6.07, 6.45) is 1.50. The second-order valence-corrected chi connectivity index (χ2v) is 5.06. The van der Waals surface area contributed by atoms with E-state index in [1.807, 2.05) is 0 Å². The maximum absolute atomic E-state index is 13.2. The van der Waals surface area contributed by atoms with Crippen molar-refractivity contribution in [3.05, 3.63) is 53.6 Å². The van der Waals surface area contributed by atoms with Crippen molar-refractivity contribution in [2.24, 2.45) is 0 Å². The molecule has 3 rings (SSSR count). The Morgan fingerprint density at radius 2 is 2.04 bits per heavy atom. The Kier molecular flexibility index (Phi) is 3.80. The zero-order chi connectivity index (χ0) is 16.4. The molecule has 118 valence electrons. The largest absolute Gasteiger partial charge is 0.357 e. The summed E-state index contributed by atoms with van der Waals surface area (Å²) in [6, 6.07) is 7.01. The van der Waals surface area contributed by atoms with E-state index in [1.165, 1.54) is 12.1 Å². The molecule has 23 heavy (non-hydrogen) atoms. The number of benzene rings is 1. The first-order valence-electron chi connectivity index (χ1n) is 6.87. The van der Waals surface area contributed by atoms with Crippen LogP contribution in [0.2, 0.25) is 0 Å². The minimum Gasteiger partial charge on any atom is -0.357 e. The van der Waals surface area contributed by atoms with E-state index in [4.69, 9.17) is 0 Å². The number of carbonyl (C=O) groups excluding carboxylic acids is 3. The number of fused-ring (bicyclic) bond motifs is 1. The van der Waals surface area contributed by atoms with E-state index in [0.717, 1.165) is 6.07 Å². The standard InChI is InChI=1S/C15H13FN4O3/c16-8-3-4-9-10(7-13(21)18-12(9)6-8)14(22)19-20-15(23)11-2-1-5-17-11/h1-6,10,17H,7H2,(H,18,21)(H,19,22)(H,20,23). The minimum absolute atomic E-state index is 0.0805. The fourth-order valence-electron chi connectivity index (χ4n) is 2.42. The topological polar surface area (TPSA) is 103 Å². The molecule has 0 saturated heterocycles. The van der Waals surface area contributed by atoms with Crippen LogP contribution in [0, 0.1) is 5.82 Å². The SMILES string of the molecule is O=C1CC(C(=O)NNC(=O)c2ccc[nH]2)c2ccc(F)cc2N1. The fraction of sp³-hybridized carbons (Fsp3) is 0.133. The van der Waals surface area contributed by atoms with Crippen molar-refractivity contribution >= 4 is 23.4 Å². The quantitative estimate of drug-likeness (QED) is 0.622. The van der Waals surface area contributed by atoms with E-state index in [9.17, 15) is 18.8 Å². The highest BCUT2D eigenvalue weighted by Gasteiger charge is 2.31. The van der Waals surface area contributed by atoms with Crippen LogP contribution in [0.5, 0.6) is 0 Å². The van der Waals surface area contributed by atoms with Gasteiger partial charge in [-0.25, -0.2) is 4.39 Å². The lowest BCUT2D eigenvalue weighted by Gasteiger charge is -2.24. The number of rotatable bonds is 2. The predicted molar refractivity (Wildman–Crippen MR) is 78.8 cm³/mol. The lowest BCUT2D eigenvalue weighted by Crippen LogP contribution is -2.45. The van der Waals surface area contributed by atoms with Gasteiger partial charge < -0.3 is 10.3 Å². The fourth-order valence-corrected chi connectivity index (χ4v) is 2.42. The van der Waals surface area contributed by atoms with E-state index < -0.39 is 23.5 Å². The average Bonchev–Trinajstić information content (AvgIpc) is 3.05. The second kappa shape index (κ2) is 5.91. The molecule has 8 heteroatoms. The van der Waals surface area contributed by atoms with Gasteiger partial charge in [0, 0.05) is 18.3 Å². The van der Waals surface area contributed by atoms with Crippen LogP contribution in [0.1, 0.15) is 28.4 Å². The van der Waals surface area contributed by atoms with Crippen molar-refractivity contribution in [3.63, 3.8) is 0 Å². The van der Waals surface area contributed by atoms with Gasteiger partial charge in [-0.1, -0.05) is 6.07 Å². The van der Waals surface area contributed by atoms with Gasteiger partial charge in [-0.2, -0.15) is 0 Å². The number of hydrogen-bond donors (Lipinski definition) is 4. The number of hydrazine groups is 1. The van der Waals surface area contributed by atoms with Crippen molar-refractivity contribution in [3.8, 4) is 0 Å². The third-order valence-electron chi connectivity index (χ3n) is 3.51. The van der Waals surface area contributed by atoms with Crippen LogP contribution < -0.4 is 16.2 Å². The molecule has 0 fully saturated rings. The van der Waals surface area contributed by atoms with Crippen molar-refractivity contribution < 1.29 is 18.8 Å². The molecule has 2 aromatic rings. The van der Waals surface area contributed by atoms with E-state index >= 15 is 0 Å². The Labute approximate surface area is 130 Å². The van der Waals surface area contributed by atoms with Gasteiger partial charge in [0.1, 0.15) is 11.5 Å². The minimum atomic E-state index is -0.803. The number of nitrogens with one attached hydrogen (secondary N) is 4. The molecule has 4 N–H and O–H groups in total. The summed E-state index contributed by atoms with van der Waals surface area (Å²) < 4.78 is 13.2. The van der Waals surface area contributed by atoms with E-state index in [1.54, 1.807) is 18.3 Å². The third kappa shape index (κ3) is 3.05. The number of H-pyrrole nitrogens is 1. The van der Waals surface area contributed by atoms with Gasteiger partial charge >= 0.3 is 0 Å². The molecule has 1 aliphatic rings. The Bertz CT molecular complexity index is 773. The molecule has 0 bridgehead atoms. The molecule has 0 spiro atoms. The van der Waals surface area contributed by atoms with Crippen LogP contribution in [0.15, 0.2) is 36.5 Å². The lowest BCUT2D eigenvalue weighted by atomic mass is 9.90. The molecule has 1 aromatic carbocycles.